The number of aromatic amines is 1. The van der Waals surface area contributed by atoms with E-state index >= 15 is 0 Å². The molecule has 0 atom stereocenters. The van der Waals surface area contributed by atoms with Gasteiger partial charge in [-0.3, -0.25) is 9.59 Å². The van der Waals surface area contributed by atoms with Crippen molar-refractivity contribution >= 4 is 5.91 Å². The van der Waals surface area contributed by atoms with Crippen LogP contribution in [-0.4, -0.2) is 10.9 Å². The highest BCUT2D eigenvalue weighted by Crippen LogP contribution is 2.22. The molecule has 1 heterocycles. The van der Waals surface area contributed by atoms with Gasteiger partial charge in [0, 0.05) is 11.3 Å². The number of carbonyl (C=O) groups excluding carboxylic acids is 1. The van der Waals surface area contributed by atoms with Gasteiger partial charge in [0.1, 0.15) is 5.56 Å². The van der Waals surface area contributed by atoms with Crippen molar-refractivity contribution in [2.45, 2.75) is 6.92 Å². The minimum absolute atomic E-state index is 0.0787. The third kappa shape index (κ3) is 2.38. The highest BCUT2D eigenvalue weighted by atomic mass is 16.2. The number of aryl methyl sites for hydroxylation is 1. The van der Waals surface area contributed by atoms with Crippen molar-refractivity contribution in [1.29, 1.82) is 5.26 Å². The minimum atomic E-state index is -0.767. The molecule has 2 rings (SSSR count). The molecule has 3 N–H and O–H groups in total. The van der Waals surface area contributed by atoms with Gasteiger partial charge in [-0.05, 0) is 30.7 Å². The normalized spacial score (nSPS) is 9.89. The number of carbonyl (C=O) groups is 1. The van der Waals surface area contributed by atoms with Crippen molar-refractivity contribution < 1.29 is 4.79 Å². The van der Waals surface area contributed by atoms with Crippen molar-refractivity contribution in [3.8, 4) is 17.2 Å². The molecule has 0 radical (unpaired) electrons. The van der Waals surface area contributed by atoms with Crippen LogP contribution in [0.2, 0.25) is 0 Å². The Kier molecular flexibility index (Phi) is 3.17. The largest absolute Gasteiger partial charge is 0.365 e. The zero-order valence-electron chi connectivity index (χ0n) is 10.2. The summed E-state index contributed by atoms with van der Waals surface area (Å²) in [6.07, 6.45) is 0. The van der Waals surface area contributed by atoms with Gasteiger partial charge in [-0.2, -0.15) is 5.26 Å². The molecule has 0 aliphatic heterocycles. The average Bonchev–Trinajstić information content (AvgIpc) is 2.38. The van der Waals surface area contributed by atoms with E-state index in [0.29, 0.717) is 16.8 Å². The summed E-state index contributed by atoms with van der Waals surface area (Å²) in [5.74, 6) is -0.767. The van der Waals surface area contributed by atoms with Gasteiger partial charge in [0.2, 0.25) is 0 Å². The zero-order chi connectivity index (χ0) is 14.0. The molecule has 0 aliphatic rings. The summed E-state index contributed by atoms with van der Waals surface area (Å²) in [6, 6.07) is 10.3. The summed E-state index contributed by atoms with van der Waals surface area (Å²) in [7, 11) is 0. The molecule has 0 fully saturated rings. The van der Waals surface area contributed by atoms with Gasteiger partial charge in [-0.15, -0.1) is 0 Å². The number of amides is 1. The SMILES string of the molecule is Cc1[nH]c(=O)c(C(N)=O)cc1-c1ccc(C#N)cc1. The Morgan fingerprint density at radius 1 is 1.32 bits per heavy atom. The summed E-state index contributed by atoms with van der Waals surface area (Å²) < 4.78 is 0. The predicted molar refractivity (Wildman–Crippen MR) is 70.5 cm³/mol. The van der Waals surface area contributed by atoms with E-state index in [1.54, 1.807) is 31.2 Å². The van der Waals surface area contributed by atoms with E-state index in [2.05, 4.69) is 4.98 Å². The maximum absolute atomic E-state index is 11.6. The second-order valence-corrected chi connectivity index (χ2v) is 4.10. The third-order valence-electron chi connectivity index (χ3n) is 2.83. The van der Waals surface area contributed by atoms with E-state index in [1.807, 2.05) is 6.07 Å². The molecule has 0 aliphatic carbocycles. The van der Waals surface area contributed by atoms with E-state index in [0.717, 1.165) is 5.56 Å². The molecule has 0 unspecified atom stereocenters. The number of pyridine rings is 1. The molecule has 5 heteroatoms. The molecule has 1 aromatic carbocycles. The summed E-state index contributed by atoms with van der Waals surface area (Å²) in [4.78, 5) is 25.3. The molecule has 94 valence electrons. The van der Waals surface area contributed by atoms with Gasteiger partial charge in [0.15, 0.2) is 0 Å². The van der Waals surface area contributed by atoms with E-state index < -0.39 is 11.5 Å². The summed E-state index contributed by atoms with van der Waals surface area (Å²) in [5.41, 5.74) is 7.27. The van der Waals surface area contributed by atoms with Crippen LogP contribution in [0.5, 0.6) is 0 Å². The maximum Gasteiger partial charge on any atom is 0.261 e. The number of primary amides is 1. The molecular formula is C14H11N3O2. The number of nitrogens with two attached hydrogens (primary N) is 1. The Hall–Kier alpha value is -2.87. The number of nitrogens with zero attached hydrogens (tertiary/aromatic N) is 1. The van der Waals surface area contributed by atoms with Crippen molar-refractivity contribution in [3.63, 3.8) is 0 Å². The molecule has 2 aromatic rings. The number of hydrogen-bond acceptors (Lipinski definition) is 3. The van der Waals surface area contributed by atoms with E-state index in [4.69, 9.17) is 11.0 Å². The molecule has 1 amide bonds. The second-order valence-electron chi connectivity index (χ2n) is 4.10. The van der Waals surface area contributed by atoms with Gasteiger partial charge in [-0.25, -0.2) is 0 Å². The number of H-pyrrole nitrogens is 1. The van der Waals surface area contributed by atoms with Crippen LogP contribution < -0.4 is 11.3 Å². The summed E-state index contributed by atoms with van der Waals surface area (Å²) in [6.45, 7) is 1.74. The minimum Gasteiger partial charge on any atom is -0.365 e. The molecule has 0 saturated carbocycles. The fraction of sp³-hybridized carbons (Fsp3) is 0.0714. The molecule has 5 nitrogen and oxygen atoms in total. The first-order chi connectivity index (χ1) is 9.02. The number of rotatable bonds is 2. The van der Waals surface area contributed by atoms with Crippen molar-refractivity contribution in [1.82, 2.24) is 4.98 Å². The van der Waals surface area contributed by atoms with E-state index in [-0.39, 0.29) is 5.56 Å². The lowest BCUT2D eigenvalue weighted by atomic mass is 10.0. The van der Waals surface area contributed by atoms with Gasteiger partial charge in [0.25, 0.3) is 11.5 Å². The maximum atomic E-state index is 11.6. The van der Waals surface area contributed by atoms with Crippen molar-refractivity contribution in [2.75, 3.05) is 0 Å². The number of hydrogen-bond donors (Lipinski definition) is 2. The summed E-state index contributed by atoms with van der Waals surface area (Å²) >= 11 is 0. The first kappa shape index (κ1) is 12.6. The van der Waals surface area contributed by atoms with Crippen LogP contribution in [0.3, 0.4) is 0 Å². The molecule has 0 saturated heterocycles. The monoisotopic (exact) mass is 253 g/mol. The van der Waals surface area contributed by atoms with Crippen LogP contribution in [0.1, 0.15) is 21.6 Å². The second kappa shape index (κ2) is 4.78. The van der Waals surface area contributed by atoms with Gasteiger partial charge in [-0.1, -0.05) is 12.1 Å². The highest BCUT2D eigenvalue weighted by Gasteiger charge is 2.11. The van der Waals surface area contributed by atoms with Crippen LogP contribution in [0.15, 0.2) is 35.1 Å². The molecular weight excluding hydrogens is 242 g/mol. The first-order valence-corrected chi connectivity index (χ1v) is 5.57. The Balaban J connectivity index is 2.61. The zero-order valence-corrected chi connectivity index (χ0v) is 10.2. The smallest absolute Gasteiger partial charge is 0.261 e. The first-order valence-electron chi connectivity index (χ1n) is 5.57. The average molecular weight is 253 g/mol. The number of nitriles is 1. The van der Waals surface area contributed by atoms with Gasteiger partial charge >= 0.3 is 0 Å². The van der Waals surface area contributed by atoms with Crippen molar-refractivity contribution in [3.05, 3.63) is 57.5 Å². The van der Waals surface area contributed by atoms with Gasteiger partial charge in [0.05, 0.1) is 11.6 Å². The fourth-order valence-electron chi connectivity index (χ4n) is 1.83. The van der Waals surface area contributed by atoms with E-state index in [9.17, 15) is 9.59 Å². The Morgan fingerprint density at radius 3 is 2.47 bits per heavy atom. The fourth-order valence-corrected chi connectivity index (χ4v) is 1.83. The van der Waals surface area contributed by atoms with Crippen LogP contribution >= 0.6 is 0 Å². The Bertz CT molecular complexity index is 737. The van der Waals surface area contributed by atoms with E-state index in [1.165, 1.54) is 6.07 Å². The Morgan fingerprint density at radius 2 is 1.95 bits per heavy atom. The van der Waals surface area contributed by atoms with Crippen molar-refractivity contribution in [2.24, 2.45) is 5.73 Å². The van der Waals surface area contributed by atoms with Crippen LogP contribution in [0.4, 0.5) is 0 Å². The van der Waals surface area contributed by atoms with Gasteiger partial charge < -0.3 is 10.7 Å². The lowest BCUT2D eigenvalue weighted by molar-refractivity contribution is 0.0999. The van der Waals surface area contributed by atoms with Crippen LogP contribution in [-0.2, 0) is 0 Å². The Labute approximate surface area is 109 Å². The topological polar surface area (TPSA) is 99.7 Å². The highest BCUT2D eigenvalue weighted by molar-refractivity contribution is 5.93. The standard InChI is InChI=1S/C14H11N3O2/c1-8-11(6-12(13(16)18)14(19)17-8)10-4-2-9(7-15)3-5-10/h2-6H,1H3,(H2,16,18)(H,17,19). The molecule has 19 heavy (non-hydrogen) atoms. The predicted octanol–water partition coefficient (Wildman–Crippen LogP) is 1.32. The van der Waals surface area contributed by atoms with Crippen LogP contribution in [0.25, 0.3) is 11.1 Å². The molecule has 0 bridgehead atoms. The number of nitrogens with one attached hydrogen (secondary N) is 1. The quantitative estimate of drug-likeness (QED) is 0.844. The lowest BCUT2D eigenvalue weighted by Crippen LogP contribution is -2.24. The molecule has 1 aromatic heterocycles. The molecule has 0 spiro atoms. The number of aromatic nitrogens is 1. The summed E-state index contributed by atoms with van der Waals surface area (Å²) in [5, 5.41) is 8.75. The van der Waals surface area contributed by atoms with Crippen LogP contribution in [0, 0.1) is 18.3 Å². The lowest BCUT2D eigenvalue weighted by Gasteiger charge is -2.07. The third-order valence-corrected chi connectivity index (χ3v) is 2.83. The number of benzene rings is 1.